The van der Waals surface area contributed by atoms with Gasteiger partial charge in [-0.05, 0) is 23.3 Å². The molecular weight excluding hydrogens is 338 g/mol. The highest BCUT2D eigenvalue weighted by Gasteiger charge is 2.16. The fourth-order valence-corrected chi connectivity index (χ4v) is 2.82. The summed E-state index contributed by atoms with van der Waals surface area (Å²) in [5.41, 5.74) is 9.94. The summed E-state index contributed by atoms with van der Waals surface area (Å²) in [6.07, 6.45) is 1.72. The zero-order valence-electron chi connectivity index (χ0n) is 11.6. The maximum absolute atomic E-state index is 9.52. The van der Waals surface area contributed by atoms with Crippen LogP contribution in [-0.2, 0) is 0 Å². The van der Waals surface area contributed by atoms with Gasteiger partial charge in [0.25, 0.3) is 0 Å². The predicted molar refractivity (Wildman–Crippen MR) is 91.9 cm³/mol. The van der Waals surface area contributed by atoms with Crippen molar-refractivity contribution in [3.8, 4) is 28.3 Å². The van der Waals surface area contributed by atoms with Gasteiger partial charge in [0, 0.05) is 21.8 Å². The Kier molecular flexibility index (Phi) is 3.90. The molecule has 4 heteroatoms. The number of nitrogens with zero attached hydrogens (tertiary/aromatic N) is 2. The van der Waals surface area contributed by atoms with Crippen LogP contribution in [0.1, 0.15) is 5.56 Å². The molecule has 2 N–H and O–H groups in total. The van der Waals surface area contributed by atoms with E-state index in [4.69, 9.17) is 5.73 Å². The third kappa shape index (κ3) is 2.59. The number of nitrogens with two attached hydrogens (primary N) is 1. The van der Waals surface area contributed by atoms with E-state index in [1.54, 1.807) is 6.20 Å². The predicted octanol–water partition coefficient (Wildman–Crippen LogP) is 4.63. The Morgan fingerprint density at radius 3 is 2.41 bits per heavy atom. The van der Waals surface area contributed by atoms with Crippen LogP contribution in [-0.4, -0.2) is 4.98 Å². The second kappa shape index (κ2) is 6.00. The highest BCUT2D eigenvalue weighted by molar-refractivity contribution is 9.10. The van der Waals surface area contributed by atoms with Crippen molar-refractivity contribution in [1.29, 1.82) is 5.26 Å². The van der Waals surface area contributed by atoms with Gasteiger partial charge in [-0.3, -0.25) is 0 Å². The van der Waals surface area contributed by atoms with Crippen molar-refractivity contribution in [3.05, 3.63) is 70.8 Å². The first-order valence-electron chi connectivity index (χ1n) is 6.70. The van der Waals surface area contributed by atoms with Crippen molar-refractivity contribution in [1.82, 2.24) is 4.98 Å². The Labute approximate surface area is 137 Å². The van der Waals surface area contributed by atoms with Gasteiger partial charge in [-0.15, -0.1) is 0 Å². The molecule has 0 unspecified atom stereocenters. The second-order valence-electron chi connectivity index (χ2n) is 4.80. The molecule has 3 rings (SSSR count). The molecule has 0 fully saturated rings. The first-order valence-corrected chi connectivity index (χ1v) is 7.50. The molecule has 1 aromatic heterocycles. The smallest absolute Gasteiger partial charge is 0.141 e. The molecule has 0 aliphatic heterocycles. The van der Waals surface area contributed by atoms with Gasteiger partial charge in [-0.1, -0.05) is 58.4 Å². The zero-order valence-corrected chi connectivity index (χ0v) is 13.2. The summed E-state index contributed by atoms with van der Waals surface area (Å²) in [6.45, 7) is 0. The van der Waals surface area contributed by atoms with Crippen LogP contribution in [0.4, 0.5) is 5.82 Å². The van der Waals surface area contributed by atoms with E-state index in [0.29, 0.717) is 5.56 Å². The quantitative estimate of drug-likeness (QED) is 0.733. The number of nitrogen functional groups attached to an aromatic ring is 1. The Hall–Kier alpha value is -2.64. The zero-order chi connectivity index (χ0) is 15.5. The van der Waals surface area contributed by atoms with Crippen molar-refractivity contribution in [2.45, 2.75) is 0 Å². The van der Waals surface area contributed by atoms with Gasteiger partial charge in [0.15, 0.2) is 0 Å². The minimum atomic E-state index is 0.247. The van der Waals surface area contributed by atoms with Gasteiger partial charge in [-0.25, -0.2) is 4.98 Å². The second-order valence-corrected chi connectivity index (χ2v) is 5.71. The lowest BCUT2D eigenvalue weighted by Crippen LogP contribution is -1.99. The summed E-state index contributed by atoms with van der Waals surface area (Å²) in [5, 5.41) is 9.52. The average molecular weight is 350 g/mol. The number of aromatic nitrogens is 1. The van der Waals surface area contributed by atoms with E-state index < -0.39 is 0 Å². The molecule has 2 aromatic carbocycles. The van der Waals surface area contributed by atoms with E-state index >= 15 is 0 Å². The molecule has 0 aliphatic carbocycles. The van der Waals surface area contributed by atoms with E-state index in [-0.39, 0.29) is 5.82 Å². The topological polar surface area (TPSA) is 62.7 Å². The van der Waals surface area contributed by atoms with Crippen LogP contribution >= 0.6 is 15.9 Å². The molecule has 22 heavy (non-hydrogen) atoms. The van der Waals surface area contributed by atoms with Crippen molar-refractivity contribution in [3.63, 3.8) is 0 Å². The van der Waals surface area contributed by atoms with Crippen LogP contribution in [0.3, 0.4) is 0 Å². The van der Waals surface area contributed by atoms with Gasteiger partial charge in [0.05, 0.1) is 0 Å². The summed E-state index contributed by atoms with van der Waals surface area (Å²) in [6, 6.07) is 19.9. The number of halogens is 1. The number of pyridine rings is 1. The third-order valence-corrected chi connectivity index (χ3v) is 3.91. The number of anilines is 1. The molecule has 0 saturated carbocycles. The van der Waals surface area contributed by atoms with Crippen LogP contribution in [0, 0.1) is 11.3 Å². The van der Waals surface area contributed by atoms with E-state index in [2.05, 4.69) is 27.0 Å². The fraction of sp³-hybridized carbons (Fsp3) is 0. The van der Waals surface area contributed by atoms with Gasteiger partial charge in [0.2, 0.25) is 0 Å². The Morgan fingerprint density at radius 1 is 1.00 bits per heavy atom. The summed E-state index contributed by atoms with van der Waals surface area (Å²) in [5.74, 6) is 0.247. The van der Waals surface area contributed by atoms with Gasteiger partial charge >= 0.3 is 0 Å². The van der Waals surface area contributed by atoms with Crippen LogP contribution in [0.25, 0.3) is 22.3 Å². The Bertz CT molecular complexity index is 867. The van der Waals surface area contributed by atoms with Crippen LogP contribution in [0.2, 0.25) is 0 Å². The number of rotatable bonds is 2. The molecule has 3 aromatic rings. The largest absolute Gasteiger partial charge is 0.383 e. The molecule has 0 radical (unpaired) electrons. The van der Waals surface area contributed by atoms with Crippen LogP contribution in [0.15, 0.2) is 65.3 Å². The maximum Gasteiger partial charge on any atom is 0.141 e. The van der Waals surface area contributed by atoms with E-state index in [0.717, 1.165) is 26.7 Å². The Morgan fingerprint density at radius 2 is 1.73 bits per heavy atom. The van der Waals surface area contributed by atoms with Gasteiger partial charge in [0.1, 0.15) is 17.5 Å². The third-order valence-electron chi connectivity index (χ3n) is 3.42. The van der Waals surface area contributed by atoms with E-state index in [1.807, 2.05) is 54.6 Å². The molecule has 1 heterocycles. The molecule has 0 amide bonds. The molecule has 106 valence electrons. The number of nitriles is 1. The molecule has 0 atom stereocenters. The highest BCUT2D eigenvalue weighted by Crippen LogP contribution is 2.37. The molecule has 3 nitrogen and oxygen atoms in total. The van der Waals surface area contributed by atoms with Crippen molar-refractivity contribution in [2.24, 2.45) is 0 Å². The minimum absolute atomic E-state index is 0.247. The average Bonchev–Trinajstić information content (AvgIpc) is 2.55. The summed E-state index contributed by atoms with van der Waals surface area (Å²) in [4.78, 5) is 4.18. The SMILES string of the molecule is N#Cc1c(N)ncc(-c2ccccc2)c1-c1cccc(Br)c1. The van der Waals surface area contributed by atoms with Crippen molar-refractivity contribution < 1.29 is 0 Å². The van der Waals surface area contributed by atoms with Crippen LogP contribution in [0.5, 0.6) is 0 Å². The molecule has 0 spiro atoms. The summed E-state index contributed by atoms with van der Waals surface area (Å²) in [7, 11) is 0. The summed E-state index contributed by atoms with van der Waals surface area (Å²) < 4.78 is 0.947. The number of hydrogen-bond acceptors (Lipinski definition) is 3. The molecule has 0 saturated heterocycles. The minimum Gasteiger partial charge on any atom is -0.383 e. The maximum atomic E-state index is 9.52. The molecule has 0 bridgehead atoms. The number of benzene rings is 2. The lowest BCUT2D eigenvalue weighted by molar-refractivity contribution is 1.31. The van der Waals surface area contributed by atoms with E-state index in [1.165, 1.54) is 0 Å². The first kappa shape index (κ1) is 14.3. The van der Waals surface area contributed by atoms with E-state index in [9.17, 15) is 5.26 Å². The van der Waals surface area contributed by atoms with Gasteiger partial charge in [-0.2, -0.15) is 5.26 Å². The lowest BCUT2D eigenvalue weighted by atomic mass is 9.92. The standard InChI is InChI=1S/C18H12BrN3/c19-14-8-4-7-13(9-14)17-15(10-20)18(21)22-11-16(17)12-5-2-1-3-6-12/h1-9,11H,(H2,21,22). The number of hydrogen-bond donors (Lipinski definition) is 1. The summed E-state index contributed by atoms with van der Waals surface area (Å²) >= 11 is 3.48. The van der Waals surface area contributed by atoms with Crippen LogP contribution < -0.4 is 5.73 Å². The lowest BCUT2D eigenvalue weighted by Gasteiger charge is -2.13. The molecule has 0 aliphatic rings. The first-order chi connectivity index (χ1) is 10.7. The molecular formula is C18H12BrN3. The van der Waals surface area contributed by atoms with Gasteiger partial charge < -0.3 is 5.73 Å². The fourth-order valence-electron chi connectivity index (χ4n) is 2.42. The normalized spacial score (nSPS) is 10.2. The van der Waals surface area contributed by atoms with Crippen molar-refractivity contribution >= 4 is 21.7 Å². The monoisotopic (exact) mass is 349 g/mol. The van der Waals surface area contributed by atoms with Crippen molar-refractivity contribution in [2.75, 3.05) is 5.73 Å². The Balaban J connectivity index is 2.35. The highest BCUT2D eigenvalue weighted by atomic mass is 79.9.